The number of amides is 1. The number of aromatic nitrogens is 1. The number of pyridine rings is 1. The number of nitrogens with zero attached hydrogens (tertiary/aromatic N) is 1. The smallest absolute Gasteiger partial charge is 0.270 e. The van der Waals surface area contributed by atoms with Gasteiger partial charge in [-0.25, -0.2) is 4.98 Å². The summed E-state index contributed by atoms with van der Waals surface area (Å²) in [6.07, 6.45) is 0. The van der Waals surface area contributed by atoms with Gasteiger partial charge in [-0.3, -0.25) is 4.79 Å². The molecule has 0 saturated heterocycles. The van der Waals surface area contributed by atoms with Gasteiger partial charge in [0, 0.05) is 0 Å². The maximum Gasteiger partial charge on any atom is 0.270 e. The van der Waals surface area contributed by atoms with Crippen molar-refractivity contribution in [3.8, 4) is 0 Å². The molecule has 2 N–H and O–H groups in total. The summed E-state index contributed by atoms with van der Waals surface area (Å²) in [5.74, 6) is -0.309. The van der Waals surface area contributed by atoms with E-state index >= 15 is 0 Å². The van der Waals surface area contributed by atoms with Crippen molar-refractivity contribution in [3.63, 3.8) is 0 Å². The number of nitrogens with one attached hydrogen (secondary N) is 1. The first kappa shape index (κ1) is 14.2. The Balaban J connectivity index is 2.01. The van der Waals surface area contributed by atoms with Crippen molar-refractivity contribution in [2.45, 2.75) is 12.5 Å². The minimum Gasteiger partial charge on any atom is -0.384 e. The summed E-state index contributed by atoms with van der Waals surface area (Å²) in [6, 6.07) is 6.95. The second-order valence-corrected chi connectivity index (χ2v) is 5.91. The second kappa shape index (κ2) is 5.81. The maximum atomic E-state index is 11.9. The van der Waals surface area contributed by atoms with Crippen LogP contribution in [-0.4, -0.2) is 22.5 Å². The van der Waals surface area contributed by atoms with Gasteiger partial charge >= 0.3 is 0 Å². The molecule has 0 aliphatic rings. The first-order chi connectivity index (χ1) is 8.99. The van der Waals surface area contributed by atoms with Crippen LogP contribution in [-0.2, 0) is 5.60 Å². The van der Waals surface area contributed by atoms with E-state index in [0.717, 1.165) is 5.56 Å². The van der Waals surface area contributed by atoms with Crippen LogP contribution in [0.2, 0.25) is 0 Å². The molecule has 19 heavy (non-hydrogen) atoms. The van der Waals surface area contributed by atoms with Gasteiger partial charge in [0.05, 0.1) is 6.54 Å². The van der Waals surface area contributed by atoms with Gasteiger partial charge in [-0.05, 0) is 57.4 Å². The molecule has 2 rings (SSSR count). The first-order valence-electron chi connectivity index (χ1n) is 5.65. The highest BCUT2D eigenvalue weighted by molar-refractivity contribution is 9.10. The molecule has 0 radical (unpaired) electrons. The lowest BCUT2D eigenvalue weighted by Crippen LogP contribution is -2.38. The zero-order chi connectivity index (χ0) is 13.9. The Hall–Kier alpha value is -1.24. The monoisotopic (exact) mass is 340 g/mol. The molecule has 2 aromatic rings. The Morgan fingerprint density at radius 3 is 2.95 bits per heavy atom. The van der Waals surface area contributed by atoms with Crippen molar-refractivity contribution in [3.05, 3.63) is 50.9 Å². The molecule has 0 aromatic carbocycles. The van der Waals surface area contributed by atoms with Crippen molar-refractivity contribution in [1.29, 1.82) is 0 Å². The molecule has 1 atom stereocenters. The summed E-state index contributed by atoms with van der Waals surface area (Å²) >= 11 is 4.72. The predicted molar refractivity (Wildman–Crippen MR) is 78.2 cm³/mol. The quantitative estimate of drug-likeness (QED) is 0.840. The van der Waals surface area contributed by atoms with Gasteiger partial charge in [0.1, 0.15) is 15.9 Å². The fourth-order valence-electron chi connectivity index (χ4n) is 1.55. The van der Waals surface area contributed by atoms with Crippen LogP contribution < -0.4 is 5.32 Å². The number of hydrogen-bond acceptors (Lipinski definition) is 4. The van der Waals surface area contributed by atoms with Gasteiger partial charge in [-0.15, -0.1) is 0 Å². The summed E-state index contributed by atoms with van der Waals surface area (Å²) in [5.41, 5.74) is 0.0253. The van der Waals surface area contributed by atoms with Crippen LogP contribution in [0.3, 0.4) is 0 Å². The van der Waals surface area contributed by atoms with Crippen molar-refractivity contribution in [2.75, 3.05) is 6.54 Å². The molecule has 4 nitrogen and oxygen atoms in total. The van der Waals surface area contributed by atoms with Crippen LogP contribution in [0.4, 0.5) is 0 Å². The van der Waals surface area contributed by atoms with Gasteiger partial charge in [0.15, 0.2) is 0 Å². The highest BCUT2D eigenvalue weighted by atomic mass is 79.9. The van der Waals surface area contributed by atoms with Gasteiger partial charge in [0.25, 0.3) is 5.91 Å². The Bertz CT molecular complexity index is 570. The number of rotatable bonds is 4. The Morgan fingerprint density at radius 2 is 2.32 bits per heavy atom. The molecule has 0 aliphatic heterocycles. The van der Waals surface area contributed by atoms with E-state index in [1.807, 2.05) is 16.8 Å². The summed E-state index contributed by atoms with van der Waals surface area (Å²) in [7, 11) is 0. The molecule has 0 aliphatic carbocycles. The molecule has 0 saturated carbocycles. The van der Waals surface area contributed by atoms with Crippen LogP contribution in [0.5, 0.6) is 0 Å². The highest BCUT2D eigenvalue weighted by Gasteiger charge is 2.24. The SMILES string of the molecule is CC(O)(CNC(=O)c1cccc(Br)n1)c1ccsc1. The van der Waals surface area contributed by atoms with E-state index in [-0.39, 0.29) is 12.5 Å². The molecule has 100 valence electrons. The van der Waals surface area contributed by atoms with Crippen LogP contribution in [0.15, 0.2) is 39.6 Å². The summed E-state index contributed by atoms with van der Waals surface area (Å²) < 4.78 is 0.602. The number of thiophene rings is 1. The minimum absolute atomic E-state index is 0.136. The lowest BCUT2D eigenvalue weighted by molar-refractivity contribution is 0.0528. The van der Waals surface area contributed by atoms with E-state index in [9.17, 15) is 9.90 Å². The van der Waals surface area contributed by atoms with Crippen molar-refractivity contribution < 1.29 is 9.90 Å². The third-order valence-electron chi connectivity index (χ3n) is 2.68. The van der Waals surface area contributed by atoms with Crippen molar-refractivity contribution in [2.24, 2.45) is 0 Å². The normalized spacial score (nSPS) is 13.8. The molecule has 2 heterocycles. The van der Waals surface area contributed by atoms with Crippen molar-refractivity contribution >= 4 is 33.2 Å². The van der Waals surface area contributed by atoms with E-state index in [1.54, 1.807) is 25.1 Å². The molecule has 2 aromatic heterocycles. The predicted octanol–water partition coefficient (Wildman–Crippen LogP) is 2.54. The molecular formula is C13H13BrN2O2S. The minimum atomic E-state index is -1.08. The largest absolute Gasteiger partial charge is 0.384 e. The molecule has 1 unspecified atom stereocenters. The number of carbonyl (C=O) groups excluding carboxylic acids is 1. The summed E-state index contributed by atoms with van der Waals surface area (Å²) in [5, 5.41) is 16.7. The Kier molecular flexibility index (Phi) is 4.34. The molecular weight excluding hydrogens is 328 g/mol. The van der Waals surface area contributed by atoms with Crippen molar-refractivity contribution in [1.82, 2.24) is 10.3 Å². The van der Waals surface area contributed by atoms with E-state index in [2.05, 4.69) is 26.2 Å². The van der Waals surface area contributed by atoms with E-state index in [0.29, 0.717) is 10.3 Å². The molecule has 0 spiro atoms. The van der Waals surface area contributed by atoms with Gasteiger partial charge in [0.2, 0.25) is 0 Å². The van der Waals surface area contributed by atoms with Gasteiger partial charge in [-0.2, -0.15) is 11.3 Å². The molecule has 6 heteroatoms. The first-order valence-corrected chi connectivity index (χ1v) is 7.38. The number of carbonyl (C=O) groups is 1. The Labute approximate surface area is 123 Å². The van der Waals surface area contributed by atoms with Crippen LogP contribution >= 0.6 is 27.3 Å². The van der Waals surface area contributed by atoms with Crippen LogP contribution in [0.1, 0.15) is 23.0 Å². The fourth-order valence-corrected chi connectivity index (χ4v) is 2.68. The lowest BCUT2D eigenvalue weighted by Gasteiger charge is -2.22. The van der Waals surface area contributed by atoms with Gasteiger partial charge < -0.3 is 10.4 Å². The molecule has 0 fully saturated rings. The molecule has 1 amide bonds. The molecule has 0 bridgehead atoms. The maximum absolute atomic E-state index is 11.9. The standard InChI is InChI=1S/C13H13BrN2O2S/c1-13(18,9-5-6-19-7-9)8-15-12(17)10-3-2-4-11(14)16-10/h2-7,18H,8H2,1H3,(H,15,17). The third kappa shape index (κ3) is 3.62. The zero-order valence-electron chi connectivity index (χ0n) is 10.3. The van der Waals surface area contributed by atoms with Gasteiger partial charge in [-0.1, -0.05) is 6.07 Å². The summed E-state index contributed by atoms with van der Waals surface area (Å²) in [6.45, 7) is 1.81. The van der Waals surface area contributed by atoms with Crippen LogP contribution in [0.25, 0.3) is 0 Å². The summed E-state index contributed by atoms with van der Waals surface area (Å²) in [4.78, 5) is 16.0. The van der Waals surface area contributed by atoms with E-state index in [1.165, 1.54) is 11.3 Å². The van der Waals surface area contributed by atoms with E-state index in [4.69, 9.17) is 0 Å². The average molecular weight is 341 g/mol. The zero-order valence-corrected chi connectivity index (χ0v) is 12.7. The average Bonchev–Trinajstić information content (AvgIpc) is 2.90. The third-order valence-corrected chi connectivity index (χ3v) is 3.81. The number of halogens is 1. The Morgan fingerprint density at radius 1 is 1.53 bits per heavy atom. The topological polar surface area (TPSA) is 62.2 Å². The second-order valence-electron chi connectivity index (χ2n) is 4.31. The number of aliphatic hydroxyl groups is 1. The lowest BCUT2D eigenvalue weighted by atomic mass is 9.99. The van der Waals surface area contributed by atoms with Crippen LogP contribution in [0, 0.1) is 0 Å². The fraction of sp³-hybridized carbons (Fsp3) is 0.231. The number of hydrogen-bond donors (Lipinski definition) is 2. The van der Waals surface area contributed by atoms with E-state index < -0.39 is 5.60 Å². The highest BCUT2D eigenvalue weighted by Crippen LogP contribution is 2.22.